The highest BCUT2D eigenvalue weighted by atomic mass is 19.4. The zero-order chi connectivity index (χ0) is 15.6. The van der Waals surface area contributed by atoms with E-state index in [1.807, 2.05) is 0 Å². The average molecular weight is 299 g/mol. The number of hydrogen-bond donors (Lipinski definition) is 0. The highest BCUT2D eigenvalue weighted by Crippen LogP contribution is 2.21. The fourth-order valence-corrected chi connectivity index (χ4v) is 1.64. The normalized spacial score (nSPS) is 11.4. The molecule has 0 spiro atoms. The maximum Gasteiger partial charge on any atom is 0.454 e. The van der Waals surface area contributed by atoms with Crippen LogP contribution in [0.25, 0.3) is 0 Å². The number of halogens is 3. The summed E-state index contributed by atoms with van der Waals surface area (Å²) in [5.41, 5.74) is -0.0359. The van der Waals surface area contributed by atoms with E-state index < -0.39 is 22.4 Å². The Bertz CT molecular complexity index is 677. The number of benzene rings is 1. The maximum absolute atomic E-state index is 12.2. The molecule has 1 aromatic heterocycles. The molecule has 0 atom stereocenters. The molecular weight excluding hydrogens is 291 g/mol. The monoisotopic (exact) mass is 299 g/mol. The van der Waals surface area contributed by atoms with Gasteiger partial charge in [0.1, 0.15) is 0 Å². The number of carbonyl (C=O) groups is 1. The number of nitrogens with zero attached hydrogens (tertiary/aromatic N) is 3. The Morgan fingerprint density at radius 3 is 2.43 bits per heavy atom. The number of hydrogen-bond acceptors (Lipinski definition) is 4. The molecule has 0 fully saturated rings. The summed E-state index contributed by atoms with van der Waals surface area (Å²) in [6.07, 6.45) is -3.13. The molecule has 0 aliphatic carbocycles. The van der Waals surface area contributed by atoms with Crippen LogP contribution in [0.3, 0.4) is 0 Å². The van der Waals surface area contributed by atoms with E-state index in [0.717, 1.165) is 17.1 Å². The predicted molar refractivity (Wildman–Crippen MR) is 64.8 cm³/mol. The number of non-ortho nitro benzene ring substituents is 1. The molecule has 0 unspecified atom stereocenters. The van der Waals surface area contributed by atoms with Gasteiger partial charge in [0.15, 0.2) is 0 Å². The van der Waals surface area contributed by atoms with Gasteiger partial charge in [-0.05, 0) is 5.56 Å². The average Bonchev–Trinajstić information content (AvgIpc) is 2.85. The SMILES string of the molecule is O=C(c1cnn(Cc2ccc([N+](=O)[O-])cc2)c1)C(F)(F)F. The third kappa shape index (κ3) is 3.44. The lowest BCUT2D eigenvalue weighted by molar-refractivity contribution is -0.384. The lowest BCUT2D eigenvalue weighted by Gasteiger charge is -2.02. The van der Waals surface area contributed by atoms with Gasteiger partial charge in [0.05, 0.1) is 23.2 Å². The zero-order valence-corrected chi connectivity index (χ0v) is 10.4. The number of rotatable bonds is 4. The number of carbonyl (C=O) groups excluding carboxylic acids is 1. The molecule has 0 aliphatic heterocycles. The first-order valence-electron chi connectivity index (χ1n) is 5.64. The van der Waals surface area contributed by atoms with Gasteiger partial charge in [0, 0.05) is 18.3 Å². The fraction of sp³-hybridized carbons (Fsp3) is 0.167. The molecule has 6 nitrogen and oxygen atoms in total. The van der Waals surface area contributed by atoms with E-state index >= 15 is 0 Å². The zero-order valence-electron chi connectivity index (χ0n) is 10.4. The van der Waals surface area contributed by atoms with Crippen LogP contribution in [0.1, 0.15) is 15.9 Å². The molecule has 0 radical (unpaired) electrons. The molecule has 0 N–H and O–H groups in total. The third-order valence-electron chi connectivity index (χ3n) is 2.64. The van der Waals surface area contributed by atoms with Gasteiger partial charge in [-0.1, -0.05) is 12.1 Å². The van der Waals surface area contributed by atoms with Crippen molar-refractivity contribution in [1.82, 2.24) is 9.78 Å². The number of nitro benzene ring substituents is 1. The second-order valence-electron chi connectivity index (χ2n) is 4.18. The van der Waals surface area contributed by atoms with Crippen molar-refractivity contribution in [3.8, 4) is 0 Å². The highest BCUT2D eigenvalue weighted by Gasteiger charge is 2.39. The Balaban J connectivity index is 2.12. The molecule has 1 aromatic carbocycles. The maximum atomic E-state index is 12.2. The minimum Gasteiger partial charge on any atom is -0.284 e. The molecule has 0 amide bonds. The third-order valence-corrected chi connectivity index (χ3v) is 2.64. The standard InChI is InChI=1S/C12H8F3N3O3/c13-12(14,15)11(19)9-5-16-17(7-9)6-8-1-3-10(4-2-8)18(20)21/h1-5,7H,6H2. The van der Waals surface area contributed by atoms with Crippen LogP contribution in [0.2, 0.25) is 0 Å². The number of ketones is 1. The lowest BCUT2D eigenvalue weighted by Crippen LogP contribution is -2.22. The van der Waals surface area contributed by atoms with E-state index in [9.17, 15) is 28.1 Å². The number of nitro groups is 1. The van der Waals surface area contributed by atoms with Crippen LogP contribution in [0.4, 0.5) is 18.9 Å². The molecule has 110 valence electrons. The Morgan fingerprint density at radius 2 is 1.90 bits per heavy atom. The molecule has 2 aromatic rings. The summed E-state index contributed by atoms with van der Waals surface area (Å²) >= 11 is 0. The van der Waals surface area contributed by atoms with Crippen LogP contribution in [0, 0.1) is 10.1 Å². The Kier molecular flexibility index (Phi) is 3.74. The fourth-order valence-electron chi connectivity index (χ4n) is 1.64. The molecule has 9 heteroatoms. The van der Waals surface area contributed by atoms with E-state index in [4.69, 9.17) is 0 Å². The van der Waals surface area contributed by atoms with Gasteiger partial charge in [-0.25, -0.2) is 0 Å². The van der Waals surface area contributed by atoms with Crippen LogP contribution in [-0.2, 0) is 6.54 Å². The van der Waals surface area contributed by atoms with E-state index in [0.29, 0.717) is 5.56 Å². The minimum absolute atomic E-state index is 0.0906. The van der Waals surface area contributed by atoms with Gasteiger partial charge < -0.3 is 0 Å². The molecule has 2 rings (SSSR count). The summed E-state index contributed by atoms with van der Waals surface area (Å²) in [4.78, 5) is 20.9. The van der Waals surface area contributed by atoms with Crippen molar-refractivity contribution in [2.75, 3.05) is 0 Å². The summed E-state index contributed by atoms with van der Waals surface area (Å²) in [5, 5.41) is 14.2. The number of aromatic nitrogens is 2. The van der Waals surface area contributed by atoms with Gasteiger partial charge in [-0.3, -0.25) is 19.6 Å². The molecular formula is C12H8F3N3O3. The quantitative estimate of drug-likeness (QED) is 0.494. The van der Waals surface area contributed by atoms with Crippen molar-refractivity contribution in [3.63, 3.8) is 0 Å². The smallest absolute Gasteiger partial charge is 0.284 e. The minimum atomic E-state index is -4.94. The van der Waals surface area contributed by atoms with Gasteiger partial charge in [0.25, 0.3) is 11.5 Å². The van der Waals surface area contributed by atoms with Crippen molar-refractivity contribution in [1.29, 1.82) is 0 Å². The summed E-state index contributed by atoms with van der Waals surface area (Å²) in [6, 6.07) is 5.48. The molecule has 0 saturated carbocycles. The second-order valence-corrected chi connectivity index (χ2v) is 4.18. The van der Waals surface area contributed by atoms with E-state index in [1.54, 1.807) is 0 Å². The Hall–Kier alpha value is -2.71. The largest absolute Gasteiger partial charge is 0.454 e. The first-order valence-corrected chi connectivity index (χ1v) is 5.64. The van der Waals surface area contributed by atoms with Crippen molar-refractivity contribution in [2.45, 2.75) is 12.7 Å². The number of Topliss-reactive ketones (excluding diaryl/α,β-unsaturated/α-hetero) is 1. The first kappa shape index (κ1) is 14.7. The van der Waals surface area contributed by atoms with Gasteiger partial charge in [-0.2, -0.15) is 18.3 Å². The van der Waals surface area contributed by atoms with Crippen molar-refractivity contribution in [3.05, 3.63) is 57.9 Å². The van der Waals surface area contributed by atoms with Crippen molar-refractivity contribution >= 4 is 11.5 Å². The van der Waals surface area contributed by atoms with Crippen LogP contribution < -0.4 is 0 Å². The first-order chi connectivity index (χ1) is 9.77. The summed E-state index contributed by atoms with van der Waals surface area (Å²) in [6.45, 7) is 0.100. The Morgan fingerprint density at radius 1 is 1.29 bits per heavy atom. The van der Waals surface area contributed by atoms with Crippen LogP contribution in [-0.4, -0.2) is 26.7 Å². The summed E-state index contributed by atoms with van der Waals surface area (Å²) in [7, 11) is 0. The molecule has 0 saturated heterocycles. The van der Waals surface area contributed by atoms with Crippen LogP contribution in [0.15, 0.2) is 36.7 Å². The molecule has 21 heavy (non-hydrogen) atoms. The van der Waals surface area contributed by atoms with Gasteiger partial charge >= 0.3 is 6.18 Å². The lowest BCUT2D eigenvalue weighted by atomic mass is 10.2. The second kappa shape index (κ2) is 5.35. The van der Waals surface area contributed by atoms with E-state index in [-0.39, 0.29) is 12.2 Å². The predicted octanol–water partition coefficient (Wildman–Crippen LogP) is 2.58. The van der Waals surface area contributed by atoms with E-state index in [2.05, 4.69) is 5.10 Å². The number of alkyl halides is 3. The van der Waals surface area contributed by atoms with Gasteiger partial charge in [0.2, 0.25) is 0 Å². The van der Waals surface area contributed by atoms with E-state index in [1.165, 1.54) is 24.3 Å². The molecule has 0 bridgehead atoms. The van der Waals surface area contributed by atoms with Crippen molar-refractivity contribution < 1.29 is 22.9 Å². The highest BCUT2D eigenvalue weighted by molar-refractivity contribution is 5.99. The summed E-state index contributed by atoms with van der Waals surface area (Å²) < 4.78 is 37.9. The van der Waals surface area contributed by atoms with Gasteiger partial charge in [-0.15, -0.1) is 0 Å². The Labute approximate surface area is 116 Å². The van der Waals surface area contributed by atoms with Crippen molar-refractivity contribution in [2.24, 2.45) is 0 Å². The van der Waals surface area contributed by atoms with Crippen LogP contribution in [0.5, 0.6) is 0 Å². The summed E-state index contributed by atoms with van der Waals surface area (Å²) in [5.74, 6) is -1.96. The molecule has 1 heterocycles. The topological polar surface area (TPSA) is 78.0 Å². The molecule has 0 aliphatic rings. The van der Waals surface area contributed by atoms with Crippen LogP contribution >= 0.6 is 0 Å².